The van der Waals surface area contributed by atoms with E-state index in [9.17, 15) is 14.4 Å². The van der Waals surface area contributed by atoms with Gasteiger partial charge < -0.3 is 18.8 Å². The molecule has 1 heterocycles. The fourth-order valence-electron chi connectivity index (χ4n) is 4.30. The number of carbonyl (C=O) groups excluding carboxylic acids is 3. The Hall–Kier alpha value is -3.07. The predicted octanol–water partition coefficient (Wildman–Crippen LogP) is 6.30. The average Bonchev–Trinajstić information content (AvgIpc) is 3.30. The van der Waals surface area contributed by atoms with Gasteiger partial charge in [0.25, 0.3) is 0 Å². The highest BCUT2D eigenvalue weighted by molar-refractivity contribution is 6.30. The molecule has 0 saturated heterocycles. The van der Waals surface area contributed by atoms with Gasteiger partial charge in [-0.2, -0.15) is 0 Å². The number of hydrogen-bond acceptors (Lipinski definition) is 7. The van der Waals surface area contributed by atoms with Gasteiger partial charge in [0.1, 0.15) is 16.6 Å². The Labute approximate surface area is 229 Å². The molecule has 3 rings (SSSR count). The number of imidazole rings is 1. The molecular weight excluding hydrogens is 510 g/mol. The third-order valence-corrected chi connectivity index (χ3v) is 6.32. The molecule has 0 radical (unpaired) electrons. The Morgan fingerprint density at radius 1 is 1.05 bits per heavy atom. The van der Waals surface area contributed by atoms with Crippen LogP contribution in [0.2, 0.25) is 5.02 Å². The highest BCUT2D eigenvalue weighted by Crippen LogP contribution is 2.57. The van der Waals surface area contributed by atoms with Crippen molar-refractivity contribution < 1.29 is 28.6 Å². The van der Waals surface area contributed by atoms with Crippen molar-refractivity contribution in [3.05, 3.63) is 47.5 Å². The first-order valence-electron chi connectivity index (χ1n) is 12.9. The second-order valence-electron chi connectivity index (χ2n) is 11.5. The quantitative estimate of drug-likeness (QED) is 0.282. The molecule has 1 aliphatic rings. The van der Waals surface area contributed by atoms with Crippen molar-refractivity contribution in [3.8, 4) is 5.69 Å². The molecule has 2 amide bonds. The van der Waals surface area contributed by atoms with E-state index < -0.39 is 28.8 Å². The summed E-state index contributed by atoms with van der Waals surface area (Å²) in [6.45, 7) is 12.5. The van der Waals surface area contributed by atoms with Gasteiger partial charge in [0.05, 0.1) is 18.6 Å². The summed E-state index contributed by atoms with van der Waals surface area (Å²) in [4.78, 5) is 44.2. The summed E-state index contributed by atoms with van der Waals surface area (Å²) < 4.78 is 18.1. The zero-order valence-corrected chi connectivity index (χ0v) is 24.0. The number of amides is 2. The number of hydrogen-bond donors (Lipinski definition) is 0. The summed E-state index contributed by atoms with van der Waals surface area (Å²) in [6, 6.07) is 7.33. The van der Waals surface area contributed by atoms with Gasteiger partial charge in [0.2, 0.25) is 0 Å². The number of carbonyl (C=O) groups is 3. The van der Waals surface area contributed by atoms with Crippen LogP contribution in [0, 0.1) is 5.92 Å². The minimum atomic E-state index is -0.865. The molecule has 0 spiro atoms. The maximum absolute atomic E-state index is 13.1. The number of benzene rings is 1. The van der Waals surface area contributed by atoms with Crippen molar-refractivity contribution in [3.63, 3.8) is 0 Å². The fourth-order valence-corrected chi connectivity index (χ4v) is 4.43. The number of halogens is 1. The molecule has 0 N–H and O–H groups in total. The summed E-state index contributed by atoms with van der Waals surface area (Å²) >= 11 is 6.01. The predicted molar refractivity (Wildman–Crippen MR) is 143 cm³/mol. The molecule has 0 aliphatic heterocycles. The van der Waals surface area contributed by atoms with E-state index in [1.165, 1.54) is 0 Å². The van der Waals surface area contributed by atoms with E-state index in [2.05, 4.69) is 4.98 Å². The maximum atomic E-state index is 13.1. The van der Waals surface area contributed by atoms with E-state index in [4.69, 9.17) is 25.8 Å². The van der Waals surface area contributed by atoms with Crippen molar-refractivity contribution in [1.82, 2.24) is 14.5 Å². The smallest absolute Gasteiger partial charge is 0.419 e. The largest absolute Gasteiger partial charge is 0.465 e. The van der Waals surface area contributed by atoms with Crippen LogP contribution in [0.4, 0.5) is 9.59 Å². The molecule has 1 fully saturated rings. The number of aromatic nitrogens is 2. The topological polar surface area (TPSA) is 100.0 Å². The third kappa shape index (κ3) is 7.28. The Bertz CT molecular complexity index is 1120. The second kappa shape index (κ2) is 11.4. The van der Waals surface area contributed by atoms with Crippen LogP contribution in [0.25, 0.3) is 5.69 Å². The highest BCUT2D eigenvalue weighted by atomic mass is 35.5. The molecule has 1 aromatic carbocycles. The molecule has 1 saturated carbocycles. The number of esters is 1. The van der Waals surface area contributed by atoms with Gasteiger partial charge in [-0.1, -0.05) is 11.6 Å². The van der Waals surface area contributed by atoms with Crippen molar-refractivity contribution in [1.29, 1.82) is 0 Å². The van der Waals surface area contributed by atoms with Gasteiger partial charge in [-0.05, 0) is 97.9 Å². The van der Waals surface area contributed by atoms with Crippen molar-refractivity contribution in [2.75, 3.05) is 13.2 Å². The third-order valence-electron chi connectivity index (χ3n) is 6.07. The van der Waals surface area contributed by atoms with Crippen LogP contribution in [-0.4, -0.2) is 57.0 Å². The molecular formula is C28H38ClN3O6. The van der Waals surface area contributed by atoms with Gasteiger partial charge in [-0.3, -0.25) is 4.79 Å². The van der Waals surface area contributed by atoms with Crippen LogP contribution in [0.3, 0.4) is 0 Å². The summed E-state index contributed by atoms with van der Waals surface area (Å²) in [5, 5.41) is 0.631. The minimum absolute atomic E-state index is 0.0470. The lowest BCUT2D eigenvalue weighted by atomic mass is 9.97. The van der Waals surface area contributed by atoms with Crippen LogP contribution in [0.15, 0.2) is 36.8 Å². The van der Waals surface area contributed by atoms with E-state index in [0.717, 1.165) is 10.6 Å². The monoisotopic (exact) mass is 547 g/mol. The number of rotatable bonds is 8. The van der Waals surface area contributed by atoms with E-state index in [-0.39, 0.29) is 25.0 Å². The van der Waals surface area contributed by atoms with E-state index in [0.29, 0.717) is 30.0 Å². The first-order chi connectivity index (χ1) is 17.7. The lowest BCUT2D eigenvalue weighted by molar-refractivity contribution is -0.146. The van der Waals surface area contributed by atoms with Crippen LogP contribution >= 0.6 is 11.6 Å². The molecule has 2 atom stereocenters. The lowest BCUT2D eigenvalue weighted by Gasteiger charge is -2.28. The zero-order valence-electron chi connectivity index (χ0n) is 23.2. The summed E-state index contributed by atoms with van der Waals surface area (Å²) in [7, 11) is 0. The molecule has 2 aromatic rings. The molecule has 1 aromatic heterocycles. The Kier molecular flexibility index (Phi) is 8.81. The fraction of sp³-hybridized carbons (Fsp3) is 0.571. The van der Waals surface area contributed by atoms with Gasteiger partial charge >= 0.3 is 18.2 Å². The SMILES string of the molecule is CCOC(=O)[C@]1(c2cn(-c3ccc(Cl)cc3)cn2)C[C@@H]1CCCN(C(=O)OC(C)(C)C)C(=O)OC(C)(C)C. The second-order valence-corrected chi connectivity index (χ2v) is 11.9. The molecule has 38 heavy (non-hydrogen) atoms. The molecule has 10 heteroatoms. The summed E-state index contributed by atoms with van der Waals surface area (Å²) in [6.07, 6.45) is 3.59. The van der Waals surface area contributed by atoms with Crippen LogP contribution in [-0.2, 0) is 24.4 Å². The number of nitrogens with zero attached hydrogens (tertiary/aromatic N) is 3. The minimum Gasteiger partial charge on any atom is -0.465 e. The highest BCUT2D eigenvalue weighted by Gasteiger charge is 2.63. The average molecular weight is 548 g/mol. The van der Waals surface area contributed by atoms with E-state index in [1.54, 1.807) is 66.9 Å². The lowest BCUT2D eigenvalue weighted by Crippen LogP contribution is -2.44. The maximum Gasteiger partial charge on any atom is 0.419 e. The number of imide groups is 1. The summed E-state index contributed by atoms with van der Waals surface area (Å²) in [5.41, 5.74) is -0.899. The summed E-state index contributed by atoms with van der Waals surface area (Å²) in [5.74, 6) is -0.364. The standard InChI is InChI=1S/C28H38ClN3O6/c1-8-36-23(33)28(22-17-31(18-30-22)21-13-11-20(29)12-14-21)16-19(28)10-9-15-32(24(34)37-26(2,3)4)25(35)38-27(5,6)7/h11-14,17-19H,8-10,15-16H2,1-7H3/t19-,28+/m0/s1. The molecule has 9 nitrogen and oxygen atoms in total. The van der Waals surface area contributed by atoms with Gasteiger partial charge in [0.15, 0.2) is 0 Å². The molecule has 0 bridgehead atoms. The van der Waals surface area contributed by atoms with Gasteiger partial charge in [-0.15, -0.1) is 0 Å². The first-order valence-corrected chi connectivity index (χ1v) is 13.2. The molecule has 1 aliphatic carbocycles. The Balaban J connectivity index is 1.74. The van der Waals surface area contributed by atoms with Crippen LogP contribution in [0.5, 0.6) is 0 Å². The van der Waals surface area contributed by atoms with Gasteiger partial charge in [0, 0.05) is 23.5 Å². The van der Waals surface area contributed by atoms with Gasteiger partial charge in [-0.25, -0.2) is 19.5 Å². The Morgan fingerprint density at radius 3 is 2.16 bits per heavy atom. The Morgan fingerprint density at radius 2 is 1.63 bits per heavy atom. The van der Waals surface area contributed by atoms with Crippen LogP contribution in [0.1, 0.15) is 73.4 Å². The normalized spacial score (nSPS) is 19.0. The van der Waals surface area contributed by atoms with E-state index in [1.807, 2.05) is 22.9 Å². The molecule has 0 unspecified atom stereocenters. The zero-order chi connectivity index (χ0) is 28.3. The first kappa shape index (κ1) is 29.5. The van der Waals surface area contributed by atoms with Crippen molar-refractivity contribution >= 4 is 29.8 Å². The van der Waals surface area contributed by atoms with Crippen molar-refractivity contribution in [2.45, 2.75) is 84.3 Å². The van der Waals surface area contributed by atoms with Crippen molar-refractivity contribution in [2.24, 2.45) is 5.92 Å². The number of ether oxygens (including phenoxy) is 3. The van der Waals surface area contributed by atoms with Crippen LogP contribution < -0.4 is 0 Å². The molecule has 208 valence electrons. The van der Waals surface area contributed by atoms with E-state index >= 15 is 0 Å².